The van der Waals surface area contributed by atoms with Crippen molar-refractivity contribution in [1.82, 2.24) is 10.2 Å². The molecule has 0 amide bonds. The molecular weight excluding hydrogens is 286 g/mol. The molecule has 114 valence electrons. The molecule has 1 aromatic heterocycles. The summed E-state index contributed by atoms with van der Waals surface area (Å²) < 4.78 is 10.5. The smallest absolute Gasteiger partial charge is 0.205 e. The highest BCUT2D eigenvalue weighted by Gasteiger charge is 2.19. The van der Waals surface area contributed by atoms with Gasteiger partial charge in [0.15, 0.2) is 11.5 Å². The number of aromatic nitrogens is 2. The molecule has 0 bridgehead atoms. The third-order valence-corrected chi connectivity index (χ3v) is 4.26. The largest absolute Gasteiger partial charge is 0.493 e. The fourth-order valence-corrected chi connectivity index (χ4v) is 2.56. The van der Waals surface area contributed by atoms with Crippen LogP contribution in [0.25, 0.3) is 0 Å². The van der Waals surface area contributed by atoms with Gasteiger partial charge in [0, 0.05) is 12.0 Å². The van der Waals surface area contributed by atoms with E-state index in [-0.39, 0.29) is 5.41 Å². The van der Waals surface area contributed by atoms with Crippen molar-refractivity contribution >= 4 is 16.5 Å². The number of rotatable bonds is 5. The van der Waals surface area contributed by atoms with Crippen LogP contribution in [0.1, 0.15) is 31.3 Å². The van der Waals surface area contributed by atoms with Gasteiger partial charge in [0.1, 0.15) is 5.01 Å². The molecule has 6 heteroatoms. The fourth-order valence-electron chi connectivity index (χ4n) is 1.77. The van der Waals surface area contributed by atoms with E-state index in [0.717, 1.165) is 27.2 Å². The zero-order valence-electron chi connectivity index (χ0n) is 13.1. The molecule has 1 heterocycles. The summed E-state index contributed by atoms with van der Waals surface area (Å²) in [6.07, 6.45) is 0. The van der Waals surface area contributed by atoms with Crippen molar-refractivity contribution in [3.05, 3.63) is 28.8 Å². The quantitative estimate of drug-likeness (QED) is 0.916. The predicted molar refractivity (Wildman–Crippen MR) is 85.5 cm³/mol. The van der Waals surface area contributed by atoms with Crippen LogP contribution in [0, 0.1) is 0 Å². The highest BCUT2D eigenvalue weighted by molar-refractivity contribution is 7.15. The molecule has 0 aliphatic rings. The topological polar surface area (TPSA) is 56.3 Å². The average Bonchev–Trinajstić information content (AvgIpc) is 2.93. The molecule has 0 atom stereocenters. The van der Waals surface area contributed by atoms with Gasteiger partial charge in [-0.1, -0.05) is 38.2 Å². The van der Waals surface area contributed by atoms with Gasteiger partial charge in [-0.05, 0) is 17.7 Å². The fraction of sp³-hybridized carbons (Fsp3) is 0.467. The number of ether oxygens (including phenoxy) is 2. The van der Waals surface area contributed by atoms with E-state index >= 15 is 0 Å². The molecule has 0 aliphatic heterocycles. The molecule has 21 heavy (non-hydrogen) atoms. The lowest BCUT2D eigenvalue weighted by Crippen LogP contribution is -2.10. The summed E-state index contributed by atoms with van der Waals surface area (Å²) in [5.74, 6) is 1.46. The lowest BCUT2D eigenvalue weighted by Gasteiger charge is -2.12. The number of benzene rings is 1. The molecule has 2 aromatic rings. The van der Waals surface area contributed by atoms with Crippen LogP contribution in [0.2, 0.25) is 0 Å². The first kappa shape index (κ1) is 15.6. The second-order valence-electron chi connectivity index (χ2n) is 5.71. The Bertz CT molecular complexity index is 605. The Hall–Kier alpha value is -1.82. The van der Waals surface area contributed by atoms with E-state index in [0.29, 0.717) is 6.54 Å². The van der Waals surface area contributed by atoms with Crippen molar-refractivity contribution in [3.8, 4) is 11.5 Å². The van der Waals surface area contributed by atoms with Crippen molar-refractivity contribution in [2.45, 2.75) is 32.7 Å². The minimum atomic E-state index is 0.0287. The Balaban J connectivity index is 2.04. The van der Waals surface area contributed by atoms with E-state index in [4.69, 9.17) is 9.47 Å². The standard InChI is InChI=1S/C15H21N3O2S/c1-15(2,3)13-17-18-14(21-13)16-9-10-6-7-11(19-4)12(8-10)20-5/h6-8H,9H2,1-5H3,(H,16,18). The maximum absolute atomic E-state index is 5.30. The molecule has 1 N–H and O–H groups in total. The molecule has 0 saturated heterocycles. The maximum atomic E-state index is 5.30. The third kappa shape index (κ3) is 3.85. The summed E-state index contributed by atoms with van der Waals surface area (Å²) in [7, 11) is 3.26. The molecule has 0 unspecified atom stereocenters. The van der Waals surface area contributed by atoms with E-state index in [2.05, 4.69) is 36.3 Å². The molecule has 0 fully saturated rings. The Morgan fingerprint density at radius 1 is 1.10 bits per heavy atom. The molecule has 0 saturated carbocycles. The minimum absolute atomic E-state index is 0.0287. The number of nitrogens with zero attached hydrogens (tertiary/aromatic N) is 2. The molecule has 0 radical (unpaired) electrons. The minimum Gasteiger partial charge on any atom is -0.493 e. The van der Waals surface area contributed by atoms with Crippen molar-refractivity contribution in [1.29, 1.82) is 0 Å². The summed E-state index contributed by atoms with van der Waals surface area (Å²) in [5, 5.41) is 13.5. The van der Waals surface area contributed by atoms with E-state index < -0.39 is 0 Å². The van der Waals surface area contributed by atoms with Crippen LogP contribution in [-0.4, -0.2) is 24.4 Å². The molecule has 1 aromatic carbocycles. The van der Waals surface area contributed by atoms with E-state index in [1.165, 1.54) is 0 Å². The van der Waals surface area contributed by atoms with Gasteiger partial charge in [-0.15, -0.1) is 10.2 Å². The van der Waals surface area contributed by atoms with Crippen LogP contribution in [-0.2, 0) is 12.0 Å². The monoisotopic (exact) mass is 307 g/mol. The number of methoxy groups -OCH3 is 2. The van der Waals surface area contributed by atoms with E-state index in [1.54, 1.807) is 25.6 Å². The summed E-state index contributed by atoms with van der Waals surface area (Å²) in [4.78, 5) is 0. The first-order valence-corrected chi connectivity index (χ1v) is 7.54. The molecule has 2 rings (SSSR count). The molecule has 5 nitrogen and oxygen atoms in total. The summed E-state index contributed by atoms with van der Waals surface area (Å²) in [5.41, 5.74) is 1.13. The molecular formula is C15H21N3O2S. The van der Waals surface area contributed by atoms with Gasteiger partial charge in [-0.25, -0.2) is 0 Å². The Morgan fingerprint density at radius 3 is 2.38 bits per heavy atom. The van der Waals surface area contributed by atoms with Crippen molar-refractivity contribution in [3.63, 3.8) is 0 Å². The zero-order chi connectivity index (χ0) is 15.5. The van der Waals surface area contributed by atoms with E-state index in [1.807, 2.05) is 18.2 Å². The van der Waals surface area contributed by atoms with Crippen LogP contribution < -0.4 is 14.8 Å². The summed E-state index contributed by atoms with van der Waals surface area (Å²) in [6.45, 7) is 7.06. The van der Waals surface area contributed by atoms with Crippen molar-refractivity contribution in [2.75, 3.05) is 19.5 Å². The summed E-state index contributed by atoms with van der Waals surface area (Å²) in [6, 6.07) is 5.86. The van der Waals surface area contributed by atoms with Crippen LogP contribution in [0.15, 0.2) is 18.2 Å². The highest BCUT2D eigenvalue weighted by atomic mass is 32.1. The second-order valence-corrected chi connectivity index (χ2v) is 6.68. The Labute approximate surface area is 129 Å². The van der Waals surface area contributed by atoms with Crippen molar-refractivity contribution in [2.24, 2.45) is 0 Å². The van der Waals surface area contributed by atoms with Gasteiger partial charge in [-0.2, -0.15) is 0 Å². The number of hydrogen-bond donors (Lipinski definition) is 1. The lowest BCUT2D eigenvalue weighted by molar-refractivity contribution is 0.354. The van der Waals surface area contributed by atoms with Gasteiger partial charge in [0.05, 0.1) is 14.2 Å². The Morgan fingerprint density at radius 2 is 1.81 bits per heavy atom. The van der Waals surface area contributed by atoms with Gasteiger partial charge in [0.25, 0.3) is 0 Å². The number of anilines is 1. The van der Waals surface area contributed by atoms with Crippen LogP contribution in [0.4, 0.5) is 5.13 Å². The van der Waals surface area contributed by atoms with Gasteiger partial charge in [0.2, 0.25) is 5.13 Å². The van der Waals surface area contributed by atoms with E-state index in [9.17, 15) is 0 Å². The predicted octanol–water partition coefficient (Wildman–Crippen LogP) is 3.46. The van der Waals surface area contributed by atoms with Gasteiger partial charge >= 0.3 is 0 Å². The van der Waals surface area contributed by atoms with Crippen LogP contribution in [0.5, 0.6) is 11.5 Å². The SMILES string of the molecule is COc1ccc(CNc2nnc(C(C)(C)C)s2)cc1OC. The van der Waals surface area contributed by atoms with Crippen LogP contribution >= 0.6 is 11.3 Å². The zero-order valence-corrected chi connectivity index (χ0v) is 13.9. The second kappa shape index (κ2) is 6.30. The lowest BCUT2D eigenvalue weighted by atomic mass is 9.98. The number of nitrogens with one attached hydrogen (secondary N) is 1. The average molecular weight is 307 g/mol. The normalized spacial score (nSPS) is 11.3. The van der Waals surface area contributed by atoms with Crippen LogP contribution in [0.3, 0.4) is 0 Å². The molecule has 0 spiro atoms. The highest BCUT2D eigenvalue weighted by Crippen LogP contribution is 2.29. The Kier molecular flexibility index (Phi) is 4.67. The van der Waals surface area contributed by atoms with Gasteiger partial charge < -0.3 is 14.8 Å². The summed E-state index contributed by atoms with van der Waals surface area (Å²) >= 11 is 1.59. The maximum Gasteiger partial charge on any atom is 0.205 e. The van der Waals surface area contributed by atoms with Gasteiger partial charge in [-0.3, -0.25) is 0 Å². The third-order valence-electron chi connectivity index (χ3n) is 2.96. The number of hydrogen-bond acceptors (Lipinski definition) is 6. The van der Waals surface area contributed by atoms with Crippen molar-refractivity contribution < 1.29 is 9.47 Å². The molecule has 0 aliphatic carbocycles. The first-order valence-electron chi connectivity index (χ1n) is 6.73. The first-order chi connectivity index (χ1) is 9.94.